The van der Waals surface area contributed by atoms with Crippen molar-refractivity contribution in [3.63, 3.8) is 0 Å². The van der Waals surface area contributed by atoms with Gasteiger partial charge >= 0.3 is 0 Å². The Labute approximate surface area is 157 Å². The number of pyridine rings is 1. The molecule has 6 heteroatoms. The van der Waals surface area contributed by atoms with Gasteiger partial charge in [0.15, 0.2) is 0 Å². The molecule has 0 spiro atoms. The highest BCUT2D eigenvalue weighted by Gasteiger charge is 2.11. The van der Waals surface area contributed by atoms with Crippen LogP contribution in [0.2, 0.25) is 0 Å². The van der Waals surface area contributed by atoms with Crippen molar-refractivity contribution in [2.45, 2.75) is 26.9 Å². The van der Waals surface area contributed by atoms with E-state index in [-0.39, 0.29) is 6.61 Å². The summed E-state index contributed by atoms with van der Waals surface area (Å²) in [6.07, 6.45) is 8.19. The highest BCUT2D eigenvalue weighted by atomic mass is 16.3. The Hall–Kier alpha value is -3.25. The topological polar surface area (TPSA) is 68.2 Å². The van der Waals surface area contributed by atoms with Crippen LogP contribution < -0.4 is 0 Å². The number of imidazole rings is 1. The van der Waals surface area contributed by atoms with E-state index in [1.54, 1.807) is 17.1 Å². The molecule has 1 aromatic carbocycles. The average Bonchev–Trinajstić information content (AvgIpc) is 3.27. The van der Waals surface area contributed by atoms with Crippen molar-refractivity contribution >= 4 is 11.7 Å². The summed E-state index contributed by atoms with van der Waals surface area (Å²) in [4.78, 5) is 8.82. The van der Waals surface area contributed by atoms with Crippen LogP contribution in [-0.4, -0.2) is 29.3 Å². The van der Waals surface area contributed by atoms with Crippen LogP contribution in [0.15, 0.2) is 49.6 Å². The van der Waals surface area contributed by atoms with Crippen molar-refractivity contribution < 1.29 is 5.11 Å². The van der Waals surface area contributed by atoms with Gasteiger partial charge in [-0.1, -0.05) is 24.8 Å². The summed E-state index contributed by atoms with van der Waals surface area (Å²) in [6, 6.07) is 8.20. The lowest BCUT2D eigenvalue weighted by Crippen LogP contribution is -2.03. The molecule has 4 rings (SSSR count). The quantitative estimate of drug-likeness (QED) is 0.594. The van der Waals surface area contributed by atoms with Crippen LogP contribution in [0.1, 0.15) is 33.8 Å². The van der Waals surface area contributed by atoms with Crippen molar-refractivity contribution in [1.29, 1.82) is 0 Å². The Morgan fingerprint density at radius 3 is 2.70 bits per heavy atom. The molecule has 0 aliphatic carbocycles. The van der Waals surface area contributed by atoms with E-state index in [1.807, 2.05) is 29.7 Å². The van der Waals surface area contributed by atoms with E-state index in [4.69, 9.17) is 0 Å². The molecule has 4 aromatic rings. The third-order valence-corrected chi connectivity index (χ3v) is 4.55. The second-order valence-corrected chi connectivity index (χ2v) is 6.68. The maximum Gasteiger partial charge on any atom is 0.147 e. The summed E-state index contributed by atoms with van der Waals surface area (Å²) in [6.45, 7) is 7.66. The first-order valence-electron chi connectivity index (χ1n) is 8.79. The van der Waals surface area contributed by atoms with Crippen LogP contribution in [0, 0.1) is 13.8 Å². The summed E-state index contributed by atoms with van der Waals surface area (Å²) in [7, 11) is 0. The first-order valence-corrected chi connectivity index (χ1v) is 8.79. The predicted octanol–water partition coefficient (Wildman–Crippen LogP) is 3.26. The number of fused-ring (bicyclic) bond motifs is 1. The van der Waals surface area contributed by atoms with Crippen LogP contribution in [0.5, 0.6) is 0 Å². The smallest absolute Gasteiger partial charge is 0.147 e. The van der Waals surface area contributed by atoms with E-state index < -0.39 is 0 Å². The van der Waals surface area contributed by atoms with Gasteiger partial charge in [-0.25, -0.2) is 14.6 Å². The summed E-state index contributed by atoms with van der Waals surface area (Å²) >= 11 is 0. The van der Waals surface area contributed by atoms with E-state index in [9.17, 15) is 5.11 Å². The van der Waals surface area contributed by atoms with E-state index in [0.29, 0.717) is 5.82 Å². The number of aliphatic hydroxyl groups is 1. The van der Waals surface area contributed by atoms with Gasteiger partial charge in [-0.3, -0.25) is 0 Å². The second kappa shape index (κ2) is 6.81. The molecule has 0 amide bonds. The number of aliphatic hydroxyl groups excluding tert-OH is 1. The largest absolute Gasteiger partial charge is 0.392 e. The summed E-state index contributed by atoms with van der Waals surface area (Å²) in [5.74, 6) is 0.697. The molecule has 0 bridgehead atoms. The van der Waals surface area contributed by atoms with Gasteiger partial charge in [-0.2, -0.15) is 5.10 Å². The predicted molar refractivity (Wildman–Crippen MR) is 105 cm³/mol. The third-order valence-electron chi connectivity index (χ3n) is 4.55. The maximum absolute atomic E-state index is 9.84. The highest BCUT2D eigenvalue weighted by molar-refractivity contribution is 5.57. The molecule has 0 fully saturated rings. The first kappa shape index (κ1) is 17.2. The Kier molecular flexibility index (Phi) is 4.33. The molecule has 0 atom stereocenters. The fourth-order valence-corrected chi connectivity index (χ4v) is 3.35. The molecule has 27 heavy (non-hydrogen) atoms. The van der Waals surface area contributed by atoms with Crippen LogP contribution in [0.4, 0.5) is 0 Å². The van der Waals surface area contributed by atoms with Crippen LogP contribution >= 0.6 is 0 Å². The third kappa shape index (κ3) is 3.27. The SMILES string of the molecule is C=Cc1cn2cc(C)cc(Cc3ccc(-n4cnc(C)n4)c(CO)c3)c2n1. The normalized spacial score (nSPS) is 11.2. The van der Waals surface area contributed by atoms with Crippen molar-refractivity contribution in [1.82, 2.24) is 24.1 Å². The lowest BCUT2D eigenvalue weighted by atomic mass is 10.0. The second-order valence-electron chi connectivity index (χ2n) is 6.68. The van der Waals surface area contributed by atoms with Gasteiger partial charge < -0.3 is 9.51 Å². The van der Waals surface area contributed by atoms with Gasteiger partial charge in [0, 0.05) is 29.9 Å². The zero-order valence-corrected chi connectivity index (χ0v) is 15.4. The fourth-order valence-electron chi connectivity index (χ4n) is 3.35. The molecule has 0 aliphatic heterocycles. The number of rotatable bonds is 5. The lowest BCUT2D eigenvalue weighted by Gasteiger charge is -2.11. The first-order chi connectivity index (χ1) is 13.1. The summed E-state index contributed by atoms with van der Waals surface area (Å²) < 4.78 is 3.74. The summed E-state index contributed by atoms with van der Waals surface area (Å²) in [5.41, 5.74) is 6.85. The molecule has 136 valence electrons. The zero-order valence-electron chi connectivity index (χ0n) is 15.4. The van der Waals surface area contributed by atoms with Gasteiger partial charge in [0.2, 0.25) is 0 Å². The molecule has 0 saturated heterocycles. The van der Waals surface area contributed by atoms with E-state index in [0.717, 1.165) is 40.1 Å². The highest BCUT2D eigenvalue weighted by Crippen LogP contribution is 2.22. The van der Waals surface area contributed by atoms with Crippen molar-refractivity contribution in [2.75, 3.05) is 0 Å². The minimum atomic E-state index is -0.0602. The Bertz CT molecular complexity index is 1140. The van der Waals surface area contributed by atoms with Crippen LogP contribution in [-0.2, 0) is 13.0 Å². The van der Waals surface area contributed by atoms with E-state index >= 15 is 0 Å². The number of nitrogens with zero attached hydrogens (tertiary/aromatic N) is 5. The van der Waals surface area contributed by atoms with Crippen LogP contribution in [0.3, 0.4) is 0 Å². The van der Waals surface area contributed by atoms with E-state index in [2.05, 4.69) is 46.9 Å². The fraction of sp³-hybridized carbons (Fsp3) is 0.190. The molecule has 1 N–H and O–H groups in total. The molecule has 3 heterocycles. The molecular weight excluding hydrogens is 338 g/mol. The van der Waals surface area contributed by atoms with Gasteiger partial charge in [0.05, 0.1) is 18.0 Å². The van der Waals surface area contributed by atoms with Gasteiger partial charge in [-0.15, -0.1) is 0 Å². The lowest BCUT2D eigenvalue weighted by molar-refractivity contribution is 0.281. The maximum atomic E-state index is 9.84. The Morgan fingerprint density at radius 2 is 2.00 bits per heavy atom. The molecule has 0 aliphatic rings. The van der Waals surface area contributed by atoms with Crippen LogP contribution in [0.25, 0.3) is 17.4 Å². The van der Waals surface area contributed by atoms with E-state index in [1.165, 1.54) is 5.56 Å². The Balaban J connectivity index is 1.74. The monoisotopic (exact) mass is 359 g/mol. The molecule has 3 aromatic heterocycles. The molecule has 0 radical (unpaired) electrons. The van der Waals surface area contributed by atoms with Gasteiger partial charge in [0.1, 0.15) is 17.8 Å². The summed E-state index contributed by atoms with van der Waals surface area (Å²) in [5, 5.41) is 14.2. The minimum absolute atomic E-state index is 0.0602. The number of aromatic nitrogens is 5. The molecular formula is C21H21N5O. The van der Waals surface area contributed by atoms with Crippen molar-refractivity contribution in [3.8, 4) is 5.69 Å². The Morgan fingerprint density at radius 1 is 1.15 bits per heavy atom. The van der Waals surface area contributed by atoms with Gasteiger partial charge in [0.25, 0.3) is 0 Å². The number of aryl methyl sites for hydroxylation is 2. The molecule has 0 saturated carbocycles. The van der Waals surface area contributed by atoms with Crippen molar-refractivity contribution in [3.05, 3.63) is 83.3 Å². The van der Waals surface area contributed by atoms with Gasteiger partial charge in [-0.05, 0) is 37.1 Å². The number of hydrogen-bond acceptors (Lipinski definition) is 4. The minimum Gasteiger partial charge on any atom is -0.392 e. The molecule has 6 nitrogen and oxygen atoms in total. The number of benzene rings is 1. The number of hydrogen-bond donors (Lipinski definition) is 1. The zero-order chi connectivity index (χ0) is 19.0. The average molecular weight is 359 g/mol. The molecule has 0 unspecified atom stereocenters. The standard InChI is InChI=1S/C21H21N5O/c1-4-19-11-25-10-14(2)7-17(21(25)23-19)8-16-5-6-20(18(9-16)12-27)26-13-22-15(3)24-26/h4-7,9-11,13,27H,1,8,12H2,2-3H3. The van der Waals surface area contributed by atoms with Crippen molar-refractivity contribution in [2.24, 2.45) is 0 Å².